The number of ether oxygens (including phenoxy) is 1. The van der Waals surface area contributed by atoms with Crippen molar-refractivity contribution in [1.82, 2.24) is 20.1 Å². The molecule has 0 radical (unpaired) electrons. The molecule has 0 bridgehead atoms. The van der Waals surface area contributed by atoms with Gasteiger partial charge in [-0.1, -0.05) is 0 Å². The molecular weight excluding hydrogens is 409 g/mol. The Morgan fingerprint density at radius 3 is 2.81 bits per heavy atom. The summed E-state index contributed by atoms with van der Waals surface area (Å²) in [6.45, 7) is 2.16. The van der Waals surface area contributed by atoms with Gasteiger partial charge in [-0.15, -0.1) is 5.10 Å². The zero-order valence-electron chi connectivity index (χ0n) is 16.9. The first-order chi connectivity index (χ1) is 14.9. The number of likely N-dealkylation sites (tertiary alicyclic amines) is 1. The third-order valence-electron chi connectivity index (χ3n) is 5.60. The van der Waals surface area contributed by atoms with E-state index in [4.69, 9.17) is 4.74 Å². The minimum atomic E-state index is -4.56. The molecule has 0 saturated carbocycles. The maximum absolute atomic E-state index is 13.1. The number of pyridine rings is 1. The highest BCUT2D eigenvalue weighted by Gasteiger charge is 2.32. The predicted octanol–water partition coefficient (Wildman–Crippen LogP) is 4.13. The van der Waals surface area contributed by atoms with E-state index >= 15 is 0 Å². The fourth-order valence-electron chi connectivity index (χ4n) is 4.16. The number of hydrogen-bond acceptors (Lipinski definition) is 6. The molecule has 1 aromatic carbocycles. The number of alkyl halides is 3. The summed E-state index contributed by atoms with van der Waals surface area (Å²) in [7, 11) is 2.10. The highest BCUT2D eigenvalue weighted by atomic mass is 19.4. The molecule has 3 aromatic rings. The number of carbonyl (C=O) groups is 1. The van der Waals surface area contributed by atoms with Gasteiger partial charge in [-0.05, 0) is 63.0 Å². The third kappa shape index (κ3) is 4.51. The van der Waals surface area contributed by atoms with Crippen molar-refractivity contribution in [1.29, 1.82) is 0 Å². The van der Waals surface area contributed by atoms with Crippen LogP contribution in [0.2, 0.25) is 0 Å². The molecule has 1 aliphatic rings. The summed E-state index contributed by atoms with van der Waals surface area (Å²) >= 11 is 0. The SMILES string of the molecule is CN1CCCC(Cc2nnc(-c3ccc(C(F)(F)F)cc3OC=O)c3cnccc23)C1. The van der Waals surface area contributed by atoms with Crippen LogP contribution in [0.1, 0.15) is 24.1 Å². The van der Waals surface area contributed by atoms with Crippen LogP contribution in [0.3, 0.4) is 0 Å². The van der Waals surface area contributed by atoms with E-state index in [0.717, 1.165) is 55.6 Å². The summed E-state index contributed by atoms with van der Waals surface area (Å²) in [5, 5.41) is 10.2. The lowest BCUT2D eigenvalue weighted by Gasteiger charge is -2.29. The van der Waals surface area contributed by atoms with Gasteiger partial charge in [-0.2, -0.15) is 18.3 Å². The first kappa shape index (κ1) is 21.2. The lowest BCUT2D eigenvalue weighted by Crippen LogP contribution is -2.33. The molecular formula is C22H21F3N4O2. The summed E-state index contributed by atoms with van der Waals surface area (Å²) < 4.78 is 44.2. The number of benzene rings is 1. The Labute approximate surface area is 177 Å². The van der Waals surface area contributed by atoms with Crippen LogP contribution < -0.4 is 4.74 Å². The molecule has 0 spiro atoms. The van der Waals surface area contributed by atoms with Crippen molar-refractivity contribution in [2.45, 2.75) is 25.4 Å². The van der Waals surface area contributed by atoms with Gasteiger partial charge in [0.15, 0.2) is 0 Å². The molecule has 1 atom stereocenters. The second-order valence-corrected chi connectivity index (χ2v) is 7.81. The van der Waals surface area contributed by atoms with Crippen LogP contribution in [0.15, 0.2) is 36.7 Å². The minimum Gasteiger partial charge on any atom is -0.428 e. The lowest BCUT2D eigenvalue weighted by atomic mass is 9.92. The zero-order valence-corrected chi connectivity index (χ0v) is 16.9. The number of fused-ring (bicyclic) bond motifs is 1. The van der Waals surface area contributed by atoms with Crippen molar-refractivity contribution >= 4 is 17.2 Å². The Hall–Kier alpha value is -3.07. The number of rotatable bonds is 5. The van der Waals surface area contributed by atoms with Gasteiger partial charge in [0.1, 0.15) is 11.4 Å². The van der Waals surface area contributed by atoms with Crippen LogP contribution in [0, 0.1) is 5.92 Å². The van der Waals surface area contributed by atoms with Gasteiger partial charge in [0, 0.05) is 35.3 Å². The first-order valence-corrected chi connectivity index (χ1v) is 9.96. The van der Waals surface area contributed by atoms with Crippen LogP contribution >= 0.6 is 0 Å². The van der Waals surface area contributed by atoms with Crippen molar-refractivity contribution < 1.29 is 22.7 Å². The zero-order chi connectivity index (χ0) is 22.0. The molecule has 2 aromatic heterocycles. The van der Waals surface area contributed by atoms with Crippen molar-refractivity contribution in [3.8, 4) is 17.0 Å². The average Bonchev–Trinajstić information content (AvgIpc) is 2.74. The highest BCUT2D eigenvalue weighted by molar-refractivity contribution is 5.96. The molecule has 0 amide bonds. The number of piperidine rings is 1. The first-order valence-electron chi connectivity index (χ1n) is 9.96. The number of halogens is 3. The van der Waals surface area contributed by atoms with Crippen LogP contribution in [0.4, 0.5) is 13.2 Å². The van der Waals surface area contributed by atoms with E-state index in [1.54, 1.807) is 12.4 Å². The van der Waals surface area contributed by atoms with Crippen molar-refractivity contribution in [2.24, 2.45) is 5.92 Å². The van der Waals surface area contributed by atoms with Gasteiger partial charge >= 0.3 is 6.18 Å². The molecule has 0 aliphatic carbocycles. The van der Waals surface area contributed by atoms with Crippen LogP contribution in [-0.2, 0) is 17.4 Å². The fourth-order valence-corrected chi connectivity index (χ4v) is 4.16. The van der Waals surface area contributed by atoms with Gasteiger partial charge in [-0.3, -0.25) is 9.78 Å². The molecule has 31 heavy (non-hydrogen) atoms. The molecule has 162 valence electrons. The summed E-state index contributed by atoms with van der Waals surface area (Å²) in [6.07, 6.45) is 1.69. The minimum absolute atomic E-state index is 0.0980. The second kappa shape index (κ2) is 8.58. The maximum atomic E-state index is 13.1. The molecule has 3 heterocycles. The average molecular weight is 430 g/mol. The summed E-state index contributed by atoms with van der Waals surface area (Å²) in [5.41, 5.74) is 0.473. The number of carbonyl (C=O) groups excluding carboxylic acids is 1. The molecule has 6 nitrogen and oxygen atoms in total. The highest BCUT2D eigenvalue weighted by Crippen LogP contribution is 2.38. The second-order valence-electron chi connectivity index (χ2n) is 7.81. The Morgan fingerprint density at radius 1 is 1.23 bits per heavy atom. The standard InChI is InChI=1S/C22H21F3N4O2/c1-29-8-2-3-14(12-29)9-19-16-6-7-26-11-18(16)21(28-27-19)17-5-4-15(22(23,24)25)10-20(17)31-13-30/h4-7,10-11,13-14H,2-3,8-9,12H2,1H3. The van der Waals surface area contributed by atoms with E-state index in [9.17, 15) is 18.0 Å². The number of hydrogen-bond donors (Lipinski definition) is 0. The van der Waals surface area contributed by atoms with Crippen LogP contribution in [0.5, 0.6) is 5.75 Å². The van der Waals surface area contributed by atoms with E-state index in [-0.39, 0.29) is 17.8 Å². The van der Waals surface area contributed by atoms with Gasteiger partial charge in [0.2, 0.25) is 0 Å². The molecule has 1 unspecified atom stereocenters. The molecule has 1 aliphatic heterocycles. The smallest absolute Gasteiger partial charge is 0.416 e. The normalized spacial score (nSPS) is 17.6. The Morgan fingerprint density at radius 2 is 2.06 bits per heavy atom. The van der Waals surface area contributed by atoms with Gasteiger partial charge in [0.25, 0.3) is 6.47 Å². The Kier molecular flexibility index (Phi) is 5.86. The predicted molar refractivity (Wildman–Crippen MR) is 108 cm³/mol. The Balaban J connectivity index is 1.78. The summed E-state index contributed by atoms with van der Waals surface area (Å²) in [6, 6.07) is 4.80. The van der Waals surface area contributed by atoms with Crippen molar-refractivity contribution in [3.63, 3.8) is 0 Å². The van der Waals surface area contributed by atoms with E-state index in [2.05, 4.69) is 27.1 Å². The fraction of sp³-hybridized carbons (Fsp3) is 0.364. The van der Waals surface area contributed by atoms with Gasteiger partial charge in [0.05, 0.1) is 11.3 Å². The van der Waals surface area contributed by atoms with Crippen molar-refractivity contribution in [3.05, 3.63) is 47.9 Å². The van der Waals surface area contributed by atoms with Crippen LogP contribution in [0.25, 0.3) is 22.0 Å². The van der Waals surface area contributed by atoms with Gasteiger partial charge in [-0.25, -0.2) is 0 Å². The third-order valence-corrected chi connectivity index (χ3v) is 5.60. The van der Waals surface area contributed by atoms with E-state index in [1.165, 1.54) is 6.07 Å². The lowest BCUT2D eigenvalue weighted by molar-refractivity contribution is -0.138. The number of nitrogens with zero attached hydrogens (tertiary/aromatic N) is 4. The summed E-state index contributed by atoms with van der Waals surface area (Å²) in [4.78, 5) is 17.4. The number of aromatic nitrogens is 3. The van der Waals surface area contributed by atoms with Gasteiger partial charge < -0.3 is 9.64 Å². The largest absolute Gasteiger partial charge is 0.428 e. The quantitative estimate of drug-likeness (QED) is 0.567. The monoisotopic (exact) mass is 430 g/mol. The molecule has 9 heteroatoms. The van der Waals surface area contributed by atoms with E-state index in [0.29, 0.717) is 17.0 Å². The molecule has 1 saturated heterocycles. The maximum Gasteiger partial charge on any atom is 0.416 e. The van der Waals surface area contributed by atoms with E-state index in [1.807, 2.05) is 6.07 Å². The Bertz CT molecular complexity index is 1100. The van der Waals surface area contributed by atoms with Crippen molar-refractivity contribution in [2.75, 3.05) is 20.1 Å². The molecule has 1 fully saturated rings. The molecule has 0 N–H and O–H groups in total. The summed E-state index contributed by atoms with van der Waals surface area (Å²) in [5.74, 6) is 0.223. The van der Waals surface area contributed by atoms with E-state index < -0.39 is 11.7 Å². The molecule has 4 rings (SSSR count). The van der Waals surface area contributed by atoms with Crippen LogP contribution in [-0.4, -0.2) is 46.7 Å². The topological polar surface area (TPSA) is 68.2 Å².